The molecule has 4 nitrogen and oxygen atoms in total. The Morgan fingerprint density at radius 3 is 2.81 bits per heavy atom. The van der Waals surface area contributed by atoms with E-state index in [4.69, 9.17) is 9.73 Å². The van der Waals surface area contributed by atoms with Crippen molar-refractivity contribution in [2.45, 2.75) is 44.3 Å². The van der Waals surface area contributed by atoms with Crippen LogP contribution in [0.1, 0.15) is 39.5 Å². The summed E-state index contributed by atoms with van der Waals surface area (Å²) < 4.78 is 5.80. The van der Waals surface area contributed by atoms with Gasteiger partial charge >= 0.3 is 0 Å². The lowest BCUT2D eigenvalue weighted by Gasteiger charge is -2.36. The van der Waals surface area contributed by atoms with Crippen LogP contribution in [-0.4, -0.2) is 61.3 Å². The zero-order valence-corrected chi connectivity index (χ0v) is 14.7. The molecule has 0 radical (unpaired) electrons. The summed E-state index contributed by atoms with van der Waals surface area (Å²) in [5, 5.41) is 3.49. The lowest BCUT2D eigenvalue weighted by atomic mass is 9.99. The van der Waals surface area contributed by atoms with E-state index in [9.17, 15) is 0 Å². The van der Waals surface area contributed by atoms with Gasteiger partial charge in [-0.15, -0.1) is 0 Å². The van der Waals surface area contributed by atoms with E-state index in [2.05, 4.69) is 30.3 Å². The van der Waals surface area contributed by atoms with E-state index in [1.54, 1.807) is 0 Å². The van der Waals surface area contributed by atoms with Crippen molar-refractivity contribution < 1.29 is 4.74 Å². The topological polar surface area (TPSA) is 36.9 Å². The second kappa shape index (κ2) is 8.28. The summed E-state index contributed by atoms with van der Waals surface area (Å²) >= 11 is 1.97. The van der Waals surface area contributed by atoms with Gasteiger partial charge in [-0.2, -0.15) is 11.8 Å². The first-order valence-corrected chi connectivity index (χ1v) is 9.58. The van der Waals surface area contributed by atoms with Crippen molar-refractivity contribution in [1.29, 1.82) is 0 Å². The Kier molecular flexibility index (Phi) is 6.68. The van der Waals surface area contributed by atoms with E-state index in [1.165, 1.54) is 12.8 Å². The molecule has 0 aromatic heterocycles. The minimum atomic E-state index is 0.278. The van der Waals surface area contributed by atoms with Crippen LogP contribution in [0.3, 0.4) is 0 Å². The first kappa shape index (κ1) is 16.9. The van der Waals surface area contributed by atoms with Crippen LogP contribution in [0.2, 0.25) is 0 Å². The largest absolute Gasteiger partial charge is 0.381 e. The van der Waals surface area contributed by atoms with Crippen molar-refractivity contribution in [3.8, 4) is 0 Å². The molecule has 5 heteroatoms. The van der Waals surface area contributed by atoms with Crippen LogP contribution >= 0.6 is 11.8 Å². The quantitative estimate of drug-likeness (QED) is 0.639. The standard InChI is InChI=1S/C16H31N3OS/c1-4-17-15(19-9-5-6-14(2)12-19)18-13-16(21-3)7-10-20-11-8-16/h14H,4-13H2,1-3H3,(H,17,18). The molecule has 2 fully saturated rings. The summed E-state index contributed by atoms with van der Waals surface area (Å²) in [6.45, 7) is 10.4. The second-order valence-corrected chi connectivity index (χ2v) is 7.64. The van der Waals surface area contributed by atoms with E-state index >= 15 is 0 Å². The predicted octanol–water partition coefficient (Wildman–Crippen LogP) is 2.60. The monoisotopic (exact) mass is 313 g/mol. The van der Waals surface area contributed by atoms with E-state index in [0.29, 0.717) is 0 Å². The second-order valence-electron chi connectivity index (χ2n) is 6.36. The Bertz CT molecular complexity index is 342. The van der Waals surface area contributed by atoms with Gasteiger partial charge in [0.15, 0.2) is 5.96 Å². The van der Waals surface area contributed by atoms with Crippen molar-refractivity contribution in [2.24, 2.45) is 10.9 Å². The highest BCUT2D eigenvalue weighted by Crippen LogP contribution is 2.34. The maximum atomic E-state index is 5.52. The van der Waals surface area contributed by atoms with Gasteiger partial charge in [-0.1, -0.05) is 6.92 Å². The van der Waals surface area contributed by atoms with Crippen LogP contribution in [0.15, 0.2) is 4.99 Å². The fraction of sp³-hybridized carbons (Fsp3) is 0.938. The van der Waals surface area contributed by atoms with Gasteiger partial charge in [0.2, 0.25) is 0 Å². The van der Waals surface area contributed by atoms with Crippen molar-refractivity contribution in [2.75, 3.05) is 45.6 Å². The van der Waals surface area contributed by atoms with Gasteiger partial charge in [-0.3, -0.25) is 4.99 Å². The first-order valence-electron chi connectivity index (χ1n) is 8.35. The van der Waals surface area contributed by atoms with E-state index in [1.807, 2.05) is 11.8 Å². The molecule has 0 saturated carbocycles. The molecule has 122 valence electrons. The summed E-state index contributed by atoms with van der Waals surface area (Å²) in [4.78, 5) is 7.44. The fourth-order valence-corrected chi connectivity index (χ4v) is 3.97. The molecule has 1 N–H and O–H groups in total. The predicted molar refractivity (Wildman–Crippen MR) is 92.2 cm³/mol. The highest BCUT2D eigenvalue weighted by Gasteiger charge is 2.32. The van der Waals surface area contributed by atoms with Crippen LogP contribution in [0.5, 0.6) is 0 Å². The Hall–Kier alpha value is -0.420. The van der Waals surface area contributed by atoms with Gasteiger partial charge in [0.25, 0.3) is 0 Å². The Morgan fingerprint density at radius 1 is 1.43 bits per heavy atom. The summed E-state index contributed by atoms with van der Waals surface area (Å²) in [6.07, 6.45) is 7.09. The van der Waals surface area contributed by atoms with Gasteiger partial charge < -0.3 is 15.0 Å². The highest BCUT2D eigenvalue weighted by molar-refractivity contribution is 8.00. The lowest BCUT2D eigenvalue weighted by molar-refractivity contribution is 0.0793. The van der Waals surface area contributed by atoms with Crippen molar-refractivity contribution in [1.82, 2.24) is 10.2 Å². The third-order valence-electron chi connectivity index (χ3n) is 4.65. The van der Waals surface area contributed by atoms with E-state index in [0.717, 1.165) is 64.1 Å². The van der Waals surface area contributed by atoms with Gasteiger partial charge in [0.05, 0.1) is 6.54 Å². The third-order valence-corrected chi connectivity index (χ3v) is 6.05. The van der Waals surface area contributed by atoms with E-state index in [-0.39, 0.29) is 4.75 Å². The SMILES string of the molecule is CCNC(=NCC1(SC)CCOCC1)N1CCCC(C)C1. The molecule has 2 saturated heterocycles. The number of nitrogens with one attached hydrogen (secondary N) is 1. The summed E-state index contributed by atoms with van der Waals surface area (Å²) in [5.74, 6) is 1.89. The Morgan fingerprint density at radius 2 is 2.19 bits per heavy atom. The van der Waals surface area contributed by atoms with Gasteiger partial charge in [-0.05, 0) is 44.8 Å². The molecule has 21 heavy (non-hydrogen) atoms. The number of guanidine groups is 1. The van der Waals surface area contributed by atoms with E-state index < -0.39 is 0 Å². The summed E-state index contributed by atoms with van der Waals surface area (Å²) in [7, 11) is 0. The molecule has 0 amide bonds. The molecular formula is C16H31N3OS. The number of piperidine rings is 1. The average molecular weight is 314 g/mol. The normalized spacial score (nSPS) is 26.7. The zero-order chi connectivity index (χ0) is 15.1. The van der Waals surface area contributed by atoms with Crippen molar-refractivity contribution in [3.63, 3.8) is 0 Å². The van der Waals surface area contributed by atoms with Gasteiger partial charge in [-0.25, -0.2) is 0 Å². The molecule has 2 aliphatic rings. The molecule has 0 bridgehead atoms. The van der Waals surface area contributed by atoms with Crippen LogP contribution < -0.4 is 5.32 Å². The zero-order valence-electron chi connectivity index (χ0n) is 13.9. The maximum absolute atomic E-state index is 5.52. The Balaban J connectivity index is 2.02. The smallest absolute Gasteiger partial charge is 0.193 e. The molecule has 1 atom stereocenters. The lowest BCUT2D eigenvalue weighted by Crippen LogP contribution is -2.47. The molecular weight excluding hydrogens is 282 g/mol. The summed E-state index contributed by atoms with van der Waals surface area (Å²) in [6, 6.07) is 0. The number of nitrogens with zero attached hydrogens (tertiary/aromatic N) is 2. The maximum Gasteiger partial charge on any atom is 0.193 e. The molecule has 0 aliphatic carbocycles. The molecule has 2 rings (SSSR count). The van der Waals surface area contributed by atoms with Crippen molar-refractivity contribution in [3.05, 3.63) is 0 Å². The minimum absolute atomic E-state index is 0.278. The molecule has 0 aromatic rings. The molecule has 0 aromatic carbocycles. The van der Waals surface area contributed by atoms with Gasteiger partial charge in [0.1, 0.15) is 0 Å². The van der Waals surface area contributed by atoms with Gasteiger partial charge in [0, 0.05) is 37.6 Å². The van der Waals surface area contributed by atoms with Crippen molar-refractivity contribution >= 4 is 17.7 Å². The first-order chi connectivity index (χ1) is 10.2. The van der Waals surface area contributed by atoms with Crippen LogP contribution in [0, 0.1) is 5.92 Å². The molecule has 2 aliphatic heterocycles. The fourth-order valence-electron chi connectivity index (χ4n) is 3.20. The number of hydrogen-bond donors (Lipinski definition) is 1. The Labute approximate surface area is 134 Å². The average Bonchev–Trinajstić information content (AvgIpc) is 2.52. The molecule has 0 spiro atoms. The van der Waals surface area contributed by atoms with Crippen LogP contribution in [0.25, 0.3) is 0 Å². The summed E-state index contributed by atoms with van der Waals surface area (Å²) in [5.41, 5.74) is 0. The number of likely N-dealkylation sites (tertiary alicyclic amines) is 1. The van der Waals surface area contributed by atoms with Crippen LogP contribution in [0.4, 0.5) is 0 Å². The minimum Gasteiger partial charge on any atom is -0.381 e. The number of thioether (sulfide) groups is 1. The molecule has 1 unspecified atom stereocenters. The number of rotatable bonds is 4. The number of aliphatic imine (C=N–C) groups is 1. The number of hydrogen-bond acceptors (Lipinski definition) is 3. The molecule has 2 heterocycles. The van der Waals surface area contributed by atoms with Crippen LogP contribution in [-0.2, 0) is 4.74 Å². The highest BCUT2D eigenvalue weighted by atomic mass is 32.2. The third kappa shape index (κ3) is 4.78. The number of ether oxygens (including phenoxy) is 1.